The zero-order valence-electron chi connectivity index (χ0n) is 34.2. The monoisotopic (exact) mass is 822 g/mol. The number of aromatic nitrogens is 1. The first-order valence-corrected chi connectivity index (χ1v) is 22.1. The van der Waals surface area contributed by atoms with Gasteiger partial charge in [-0.15, -0.1) is 11.3 Å². The van der Waals surface area contributed by atoms with Crippen molar-refractivity contribution in [3.05, 3.63) is 231 Å². The fraction of sp³-hybridized carbons (Fsp3) is 0. The van der Waals surface area contributed by atoms with Crippen LogP contribution in [0.15, 0.2) is 235 Å². The lowest BCUT2D eigenvalue weighted by Crippen LogP contribution is -2.10. The lowest BCUT2D eigenvalue weighted by molar-refractivity contribution is 0.669. The molecule has 0 unspecified atom stereocenters. The second-order valence-corrected chi connectivity index (χ2v) is 17.0. The van der Waals surface area contributed by atoms with E-state index in [0.29, 0.717) is 0 Å². The third kappa shape index (κ3) is 6.74. The normalized spacial score (nSPS) is 11.5. The molecule has 2 aromatic heterocycles. The third-order valence-electron chi connectivity index (χ3n) is 12.1. The Morgan fingerprint density at radius 1 is 0.365 bits per heavy atom. The van der Waals surface area contributed by atoms with E-state index in [2.05, 4.69) is 229 Å². The molecule has 296 valence electrons. The molecule has 0 N–H and O–H groups in total. The molecule has 2 heterocycles. The van der Waals surface area contributed by atoms with Gasteiger partial charge >= 0.3 is 0 Å². The number of anilines is 3. The lowest BCUT2D eigenvalue weighted by atomic mass is 9.91. The van der Waals surface area contributed by atoms with Crippen LogP contribution in [0.25, 0.3) is 98.0 Å². The first-order chi connectivity index (χ1) is 31.2. The number of hydrogen-bond donors (Lipinski definition) is 0. The van der Waals surface area contributed by atoms with Crippen molar-refractivity contribution in [3.63, 3.8) is 0 Å². The molecule has 0 amide bonds. The highest BCUT2D eigenvalue weighted by Crippen LogP contribution is 2.46. The Kier molecular flexibility index (Phi) is 9.02. The number of furan rings is 1. The van der Waals surface area contributed by atoms with Crippen LogP contribution in [0.2, 0.25) is 0 Å². The highest BCUT2D eigenvalue weighted by molar-refractivity contribution is 7.21. The van der Waals surface area contributed by atoms with E-state index < -0.39 is 0 Å². The maximum absolute atomic E-state index is 6.64. The van der Waals surface area contributed by atoms with Gasteiger partial charge in [0.05, 0.1) is 10.2 Å². The van der Waals surface area contributed by atoms with Crippen molar-refractivity contribution in [1.29, 1.82) is 0 Å². The number of fused-ring (bicyclic) bond motifs is 5. The van der Waals surface area contributed by atoms with Crippen molar-refractivity contribution in [3.8, 4) is 55.1 Å². The predicted octanol–water partition coefficient (Wildman–Crippen LogP) is 17.2. The summed E-state index contributed by atoms with van der Waals surface area (Å²) in [4.78, 5) is 7.49. The topological polar surface area (TPSA) is 29.3 Å². The average Bonchev–Trinajstić information content (AvgIpc) is 3.95. The van der Waals surface area contributed by atoms with Gasteiger partial charge in [-0.3, -0.25) is 0 Å². The first kappa shape index (κ1) is 36.8. The van der Waals surface area contributed by atoms with Crippen molar-refractivity contribution >= 4 is 71.3 Å². The van der Waals surface area contributed by atoms with E-state index >= 15 is 0 Å². The Morgan fingerprint density at radius 2 is 0.937 bits per heavy atom. The Balaban J connectivity index is 1.03. The number of rotatable bonds is 8. The number of nitrogens with zero attached hydrogens (tertiary/aromatic N) is 2. The molecular formula is C59H38N2OS. The number of thiazole rings is 1. The van der Waals surface area contributed by atoms with Crippen LogP contribution in [0.3, 0.4) is 0 Å². The molecule has 0 radical (unpaired) electrons. The van der Waals surface area contributed by atoms with Crippen molar-refractivity contribution in [1.82, 2.24) is 4.98 Å². The van der Waals surface area contributed by atoms with E-state index in [1.165, 1.54) is 33.0 Å². The summed E-state index contributed by atoms with van der Waals surface area (Å²) < 4.78 is 7.75. The van der Waals surface area contributed by atoms with Crippen molar-refractivity contribution in [2.75, 3.05) is 4.90 Å². The molecular weight excluding hydrogens is 785 g/mol. The Labute approximate surface area is 369 Å². The van der Waals surface area contributed by atoms with Crippen LogP contribution >= 0.6 is 11.3 Å². The standard InChI is InChI=1S/C59H38N2OS/c1-5-14-39(15-6-1)41-26-29-47(30-27-41)61(48-31-28-45-34-44(24-25-46(45)35-48)40-16-7-2-8-17-40)49-32-33-50(52(36-49)42-18-9-3-10-19-42)51-22-13-23-55-58(51)53-37-54-57(38-56(53)62-55)63-59(60-54)43-20-11-4-12-21-43/h1-38H. The molecule has 0 fully saturated rings. The van der Waals surface area contributed by atoms with E-state index in [9.17, 15) is 0 Å². The van der Waals surface area contributed by atoms with E-state index in [-0.39, 0.29) is 0 Å². The summed E-state index contributed by atoms with van der Waals surface area (Å²) in [6.45, 7) is 0. The van der Waals surface area contributed by atoms with Gasteiger partial charge in [0, 0.05) is 39.5 Å². The Bertz CT molecular complexity index is 3600. The highest BCUT2D eigenvalue weighted by atomic mass is 32.1. The second-order valence-electron chi connectivity index (χ2n) is 15.9. The maximum Gasteiger partial charge on any atom is 0.137 e. The Hall–Kier alpha value is -8.05. The molecule has 3 nitrogen and oxygen atoms in total. The minimum Gasteiger partial charge on any atom is -0.456 e. The molecule has 0 aliphatic rings. The second kappa shape index (κ2) is 15.4. The van der Waals surface area contributed by atoms with Crippen LogP contribution in [-0.4, -0.2) is 4.98 Å². The van der Waals surface area contributed by atoms with Gasteiger partial charge in [0.25, 0.3) is 0 Å². The summed E-state index contributed by atoms with van der Waals surface area (Å²) in [5, 5.41) is 5.54. The van der Waals surface area contributed by atoms with Gasteiger partial charge in [0.15, 0.2) is 0 Å². The SMILES string of the molecule is c1ccc(-c2ccc(N(c3ccc(-c4cccc5oc6cc7sc(-c8ccccc8)nc7cc6c45)c(-c4ccccc4)c3)c3ccc4cc(-c5ccccc5)ccc4c3)cc2)cc1. The minimum absolute atomic E-state index is 0.859. The van der Waals surface area contributed by atoms with Gasteiger partial charge in [-0.25, -0.2) is 4.98 Å². The highest BCUT2D eigenvalue weighted by Gasteiger charge is 2.21. The van der Waals surface area contributed by atoms with Crippen LogP contribution in [0.5, 0.6) is 0 Å². The number of benzene rings is 10. The molecule has 10 aromatic carbocycles. The Morgan fingerprint density at radius 3 is 1.67 bits per heavy atom. The molecule has 0 spiro atoms. The maximum atomic E-state index is 6.64. The van der Waals surface area contributed by atoms with Crippen molar-refractivity contribution < 1.29 is 4.42 Å². The molecule has 0 atom stereocenters. The molecule has 0 aliphatic carbocycles. The van der Waals surface area contributed by atoms with E-state index in [1.54, 1.807) is 11.3 Å². The third-order valence-corrected chi connectivity index (χ3v) is 13.2. The summed E-state index contributed by atoms with van der Waals surface area (Å²) in [5.41, 5.74) is 16.4. The summed E-state index contributed by atoms with van der Waals surface area (Å²) in [7, 11) is 0. The summed E-state index contributed by atoms with van der Waals surface area (Å²) >= 11 is 1.70. The van der Waals surface area contributed by atoms with Crippen LogP contribution < -0.4 is 4.90 Å². The first-order valence-electron chi connectivity index (χ1n) is 21.3. The van der Waals surface area contributed by atoms with Gasteiger partial charge in [0.2, 0.25) is 0 Å². The zero-order valence-corrected chi connectivity index (χ0v) is 35.0. The molecule has 0 saturated heterocycles. The molecule has 0 aliphatic heterocycles. The summed E-state index contributed by atoms with van der Waals surface area (Å²) in [6.07, 6.45) is 0. The predicted molar refractivity (Wildman–Crippen MR) is 266 cm³/mol. The molecule has 0 bridgehead atoms. The minimum atomic E-state index is 0.859. The van der Waals surface area contributed by atoms with Crippen molar-refractivity contribution in [2.45, 2.75) is 0 Å². The van der Waals surface area contributed by atoms with E-state index in [0.717, 1.165) is 82.0 Å². The van der Waals surface area contributed by atoms with Gasteiger partial charge in [-0.05, 0) is 110 Å². The van der Waals surface area contributed by atoms with E-state index in [4.69, 9.17) is 9.40 Å². The van der Waals surface area contributed by atoms with Gasteiger partial charge in [-0.2, -0.15) is 0 Å². The van der Waals surface area contributed by atoms with Crippen LogP contribution in [0.4, 0.5) is 17.1 Å². The van der Waals surface area contributed by atoms with Gasteiger partial charge < -0.3 is 9.32 Å². The van der Waals surface area contributed by atoms with Crippen molar-refractivity contribution in [2.24, 2.45) is 0 Å². The summed E-state index contributed by atoms with van der Waals surface area (Å²) in [5.74, 6) is 0. The van der Waals surface area contributed by atoms with E-state index in [1.807, 2.05) is 6.07 Å². The molecule has 12 rings (SSSR count). The molecule has 12 aromatic rings. The van der Waals surface area contributed by atoms with Crippen LogP contribution in [0.1, 0.15) is 0 Å². The van der Waals surface area contributed by atoms with Gasteiger partial charge in [0.1, 0.15) is 16.2 Å². The van der Waals surface area contributed by atoms with Crippen LogP contribution in [-0.2, 0) is 0 Å². The fourth-order valence-corrected chi connectivity index (χ4v) is 9.98. The quantitative estimate of drug-likeness (QED) is 0.153. The molecule has 4 heteroatoms. The molecule has 0 saturated carbocycles. The average molecular weight is 823 g/mol. The lowest BCUT2D eigenvalue weighted by Gasteiger charge is -2.27. The largest absolute Gasteiger partial charge is 0.456 e. The fourth-order valence-electron chi connectivity index (χ4n) is 9.00. The van der Waals surface area contributed by atoms with Crippen LogP contribution in [0, 0.1) is 0 Å². The van der Waals surface area contributed by atoms with Gasteiger partial charge in [-0.1, -0.05) is 170 Å². The number of hydrogen-bond acceptors (Lipinski definition) is 4. The summed E-state index contributed by atoms with van der Waals surface area (Å²) in [6, 6.07) is 82.5. The molecule has 63 heavy (non-hydrogen) atoms. The zero-order chi connectivity index (χ0) is 41.7. The smallest absolute Gasteiger partial charge is 0.137 e.